The summed E-state index contributed by atoms with van der Waals surface area (Å²) in [5.74, 6) is 1.72. The predicted octanol–water partition coefficient (Wildman–Crippen LogP) is 2.62. The van der Waals surface area contributed by atoms with Crippen LogP contribution in [0.4, 0.5) is 0 Å². The highest BCUT2D eigenvalue weighted by atomic mass is 16.5. The summed E-state index contributed by atoms with van der Waals surface area (Å²) in [4.78, 5) is 11.9. The Hall–Kier alpha value is -1.71. The molecule has 0 aliphatic heterocycles. The predicted molar refractivity (Wildman–Crippen MR) is 75.5 cm³/mol. The van der Waals surface area contributed by atoms with Gasteiger partial charge < -0.3 is 14.8 Å². The van der Waals surface area contributed by atoms with Gasteiger partial charge >= 0.3 is 0 Å². The number of amides is 1. The van der Waals surface area contributed by atoms with E-state index in [1.54, 1.807) is 38.3 Å². The summed E-state index contributed by atoms with van der Waals surface area (Å²) in [5, 5.41) is 2.93. The van der Waals surface area contributed by atoms with E-state index in [1.165, 1.54) is 0 Å². The van der Waals surface area contributed by atoms with E-state index >= 15 is 0 Å². The van der Waals surface area contributed by atoms with Crippen LogP contribution in [0.25, 0.3) is 0 Å². The molecule has 1 N–H and O–H groups in total. The Morgan fingerprint density at radius 1 is 1.05 bits per heavy atom. The molecule has 0 radical (unpaired) electrons. The molecule has 1 aromatic rings. The minimum absolute atomic E-state index is 0.1000. The van der Waals surface area contributed by atoms with Gasteiger partial charge in [-0.1, -0.05) is 13.8 Å². The Balaban J connectivity index is 2.53. The highest BCUT2D eigenvalue weighted by Crippen LogP contribution is 2.18. The minimum Gasteiger partial charge on any atom is -0.497 e. The van der Waals surface area contributed by atoms with Gasteiger partial charge in [-0.25, -0.2) is 0 Å². The van der Waals surface area contributed by atoms with Gasteiger partial charge in [-0.3, -0.25) is 4.79 Å². The third-order valence-electron chi connectivity index (χ3n) is 3.11. The Morgan fingerprint density at radius 3 is 2.05 bits per heavy atom. The second-order valence-corrected chi connectivity index (χ2v) is 4.98. The number of hydrogen-bond donors (Lipinski definition) is 1. The van der Waals surface area contributed by atoms with Crippen LogP contribution < -0.4 is 14.8 Å². The lowest BCUT2D eigenvalue weighted by atomic mass is 10.1. The van der Waals surface area contributed by atoms with Gasteiger partial charge in [-0.15, -0.1) is 0 Å². The molecular weight excluding hydrogens is 242 g/mol. The van der Waals surface area contributed by atoms with Crippen molar-refractivity contribution in [2.75, 3.05) is 7.11 Å². The van der Waals surface area contributed by atoms with Crippen molar-refractivity contribution < 1.29 is 14.3 Å². The topological polar surface area (TPSA) is 47.6 Å². The number of hydrogen-bond acceptors (Lipinski definition) is 3. The highest BCUT2D eigenvalue weighted by Gasteiger charge is 2.18. The highest BCUT2D eigenvalue weighted by molar-refractivity contribution is 5.81. The molecule has 0 heterocycles. The van der Waals surface area contributed by atoms with Crippen molar-refractivity contribution in [1.29, 1.82) is 0 Å². The van der Waals surface area contributed by atoms with Gasteiger partial charge in [0, 0.05) is 6.04 Å². The van der Waals surface area contributed by atoms with E-state index in [4.69, 9.17) is 9.47 Å². The van der Waals surface area contributed by atoms with Crippen molar-refractivity contribution in [3.8, 4) is 11.5 Å². The molecule has 1 rings (SSSR count). The second-order valence-electron chi connectivity index (χ2n) is 4.98. The largest absolute Gasteiger partial charge is 0.497 e. The lowest BCUT2D eigenvalue weighted by molar-refractivity contribution is -0.128. The molecule has 0 saturated carbocycles. The van der Waals surface area contributed by atoms with Gasteiger partial charge in [0.15, 0.2) is 6.10 Å². The van der Waals surface area contributed by atoms with E-state index in [9.17, 15) is 4.79 Å². The van der Waals surface area contributed by atoms with Gasteiger partial charge in [0.1, 0.15) is 11.5 Å². The first kappa shape index (κ1) is 15.3. The molecule has 0 fully saturated rings. The van der Waals surface area contributed by atoms with Crippen molar-refractivity contribution in [3.63, 3.8) is 0 Å². The van der Waals surface area contributed by atoms with Crippen molar-refractivity contribution in [2.24, 2.45) is 5.92 Å². The maximum absolute atomic E-state index is 11.9. The zero-order valence-electron chi connectivity index (χ0n) is 12.3. The van der Waals surface area contributed by atoms with Crippen molar-refractivity contribution in [3.05, 3.63) is 24.3 Å². The van der Waals surface area contributed by atoms with E-state index in [0.29, 0.717) is 11.7 Å². The second kappa shape index (κ2) is 7.02. The zero-order valence-corrected chi connectivity index (χ0v) is 12.3. The molecule has 106 valence electrons. The van der Waals surface area contributed by atoms with Gasteiger partial charge in [-0.2, -0.15) is 0 Å². The van der Waals surface area contributed by atoms with Gasteiger partial charge in [-0.05, 0) is 44.0 Å². The summed E-state index contributed by atoms with van der Waals surface area (Å²) in [6.07, 6.45) is -0.519. The van der Waals surface area contributed by atoms with Crippen LogP contribution in [0.15, 0.2) is 24.3 Å². The van der Waals surface area contributed by atoms with Gasteiger partial charge in [0.2, 0.25) is 0 Å². The first-order valence-electron chi connectivity index (χ1n) is 6.55. The van der Waals surface area contributed by atoms with Crippen LogP contribution >= 0.6 is 0 Å². The standard InChI is InChI=1S/C15H23NO3/c1-10(2)11(3)16-15(17)12(4)19-14-8-6-13(18-5)7-9-14/h6-12H,1-5H3,(H,16,17)/t11-,12-/m1/s1. The summed E-state index contributed by atoms with van der Waals surface area (Å²) in [6.45, 7) is 7.87. The Morgan fingerprint density at radius 2 is 1.58 bits per heavy atom. The fourth-order valence-electron chi connectivity index (χ4n) is 1.42. The maximum Gasteiger partial charge on any atom is 0.260 e. The van der Waals surface area contributed by atoms with Crippen LogP contribution in [0.3, 0.4) is 0 Å². The average Bonchev–Trinajstić information content (AvgIpc) is 2.39. The molecule has 2 atom stereocenters. The monoisotopic (exact) mass is 265 g/mol. The molecule has 4 nitrogen and oxygen atoms in total. The van der Waals surface area contributed by atoms with Crippen LogP contribution in [0.5, 0.6) is 11.5 Å². The fourth-order valence-corrected chi connectivity index (χ4v) is 1.42. The van der Waals surface area contributed by atoms with Crippen molar-refractivity contribution in [1.82, 2.24) is 5.32 Å². The van der Waals surface area contributed by atoms with E-state index in [-0.39, 0.29) is 11.9 Å². The van der Waals surface area contributed by atoms with E-state index in [0.717, 1.165) is 5.75 Å². The number of benzene rings is 1. The maximum atomic E-state index is 11.9. The number of ether oxygens (including phenoxy) is 2. The number of methoxy groups -OCH3 is 1. The van der Waals surface area contributed by atoms with Crippen LogP contribution in [0, 0.1) is 5.92 Å². The molecule has 1 aromatic carbocycles. The Labute approximate surface area is 115 Å². The van der Waals surface area contributed by atoms with Crippen LogP contribution in [0.1, 0.15) is 27.7 Å². The summed E-state index contributed by atoms with van der Waals surface area (Å²) >= 11 is 0. The molecule has 0 spiro atoms. The first-order chi connectivity index (χ1) is 8.93. The molecule has 0 aromatic heterocycles. The molecule has 1 amide bonds. The summed E-state index contributed by atoms with van der Waals surface area (Å²) < 4.78 is 10.7. The van der Waals surface area contributed by atoms with Crippen molar-refractivity contribution in [2.45, 2.75) is 39.8 Å². The Kier molecular flexibility index (Phi) is 5.67. The minimum atomic E-state index is -0.519. The third kappa shape index (κ3) is 4.81. The Bertz CT molecular complexity index is 400. The number of carbonyl (C=O) groups excluding carboxylic acids is 1. The molecule has 0 aliphatic carbocycles. The quantitative estimate of drug-likeness (QED) is 0.860. The smallest absolute Gasteiger partial charge is 0.260 e. The van der Waals surface area contributed by atoms with Crippen LogP contribution in [0.2, 0.25) is 0 Å². The van der Waals surface area contributed by atoms with Crippen molar-refractivity contribution >= 4 is 5.91 Å². The number of rotatable bonds is 6. The molecule has 0 saturated heterocycles. The fraction of sp³-hybridized carbons (Fsp3) is 0.533. The van der Waals surface area contributed by atoms with Gasteiger partial charge in [0.25, 0.3) is 5.91 Å². The van der Waals surface area contributed by atoms with E-state index in [1.807, 2.05) is 6.92 Å². The molecule has 0 aliphatic rings. The lowest BCUT2D eigenvalue weighted by Crippen LogP contribution is -2.43. The van der Waals surface area contributed by atoms with Crippen LogP contribution in [-0.4, -0.2) is 25.2 Å². The number of carbonyl (C=O) groups is 1. The summed E-state index contributed by atoms with van der Waals surface area (Å²) in [6, 6.07) is 7.31. The summed E-state index contributed by atoms with van der Waals surface area (Å²) in [7, 11) is 1.61. The van der Waals surface area contributed by atoms with Gasteiger partial charge in [0.05, 0.1) is 7.11 Å². The molecule has 0 bridgehead atoms. The normalized spacial score (nSPS) is 13.8. The first-order valence-corrected chi connectivity index (χ1v) is 6.55. The number of nitrogens with one attached hydrogen (secondary N) is 1. The van der Waals surface area contributed by atoms with E-state index in [2.05, 4.69) is 19.2 Å². The zero-order chi connectivity index (χ0) is 14.4. The SMILES string of the molecule is COc1ccc(O[C@H](C)C(=O)N[C@H](C)C(C)C)cc1. The molecule has 0 unspecified atom stereocenters. The molecule has 19 heavy (non-hydrogen) atoms. The van der Waals surface area contributed by atoms with Crippen LogP contribution in [-0.2, 0) is 4.79 Å². The average molecular weight is 265 g/mol. The molecular formula is C15H23NO3. The molecule has 4 heteroatoms. The summed E-state index contributed by atoms with van der Waals surface area (Å²) in [5.41, 5.74) is 0. The lowest BCUT2D eigenvalue weighted by Gasteiger charge is -2.21. The third-order valence-corrected chi connectivity index (χ3v) is 3.11. The van der Waals surface area contributed by atoms with E-state index < -0.39 is 6.10 Å².